The fourth-order valence-corrected chi connectivity index (χ4v) is 9.22. The summed E-state index contributed by atoms with van der Waals surface area (Å²) in [7, 11) is 0. The molecule has 0 radical (unpaired) electrons. The van der Waals surface area contributed by atoms with E-state index in [0.29, 0.717) is 5.92 Å². The van der Waals surface area contributed by atoms with Gasteiger partial charge >= 0.3 is 0 Å². The molecule has 314 valence electrons. The van der Waals surface area contributed by atoms with Crippen LogP contribution in [0.15, 0.2) is 201 Å². The van der Waals surface area contributed by atoms with Gasteiger partial charge in [0.15, 0.2) is 0 Å². The minimum Gasteiger partial charge on any atom is -0.458 e. The van der Waals surface area contributed by atoms with E-state index >= 15 is 0 Å². The minimum absolute atomic E-state index is 0.165. The van der Waals surface area contributed by atoms with Crippen LogP contribution in [-0.4, -0.2) is 14.1 Å². The number of para-hydroxylation sites is 1. The molecule has 10 aromatic rings. The standard InChI is InChI=1S/C59H52N4O/c1-41(2)51-24-13-14-25-52(51)42-34-48(62-33-32-61(40-62)47-23-17-22-45(36-47)58(3,4)43-18-9-7-10-19-43)38-50(35-42)64-49-28-29-54-53-26-15-16-27-55(53)63(56(54)39-49)57-37-46(30-31-60-57)59(5,6)44-20-11-8-12-21-44/h7-39,41H,1-6H3. The maximum atomic E-state index is 6.95. The average molecular weight is 833 g/mol. The summed E-state index contributed by atoms with van der Waals surface area (Å²) in [6.45, 7) is 13.6. The van der Waals surface area contributed by atoms with Crippen LogP contribution < -0.4 is 9.30 Å². The number of nitrogens with zero attached hydrogens (tertiary/aromatic N) is 4. The lowest BCUT2D eigenvalue weighted by Gasteiger charge is -2.26. The van der Waals surface area contributed by atoms with E-state index in [9.17, 15) is 0 Å². The first-order valence-corrected chi connectivity index (χ1v) is 22.2. The van der Waals surface area contributed by atoms with Crippen LogP contribution in [0.4, 0.5) is 0 Å². The summed E-state index contributed by atoms with van der Waals surface area (Å²) in [5, 5.41) is 2.30. The van der Waals surface area contributed by atoms with Gasteiger partial charge in [-0.05, 0) is 106 Å². The Hall–Kier alpha value is -7.50. The van der Waals surface area contributed by atoms with Crippen LogP contribution in [0.3, 0.4) is 0 Å². The molecular formula is C59H52N4O. The summed E-state index contributed by atoms with van der Waals surface area (Å²) in [5.74, 6) is 2.68. The molecule has 64 heavy (non-hydrogen) atoms. The molecule has 0 atom stereocenters. The Morgan fingerprint density at radius 3 is 1.97 bits per heavy atom. The van der Waals surface area contributed by atoms with Gasteiger partial charge in [-0.25, -0.2) is 4.98 Å². The summed E-state index contributed by atoms with van der Waals surface area (Å²) in [6.07, 6.45) is 9.70. The van der Waals surface area contributed by atoms with Crippen molar-refractivity contribution in [3.63, 3.8) is 0 Å². The highest BCUT2D eigenvalue weighted by atomic mass is 16.5. The van der Waals surface area contributed by atoms with Crippen molar-refractivity contribution in [2.75, 3.05) is 0 Å². The van der Waals surface area contributed by atoms with E-state index in [-0.39, 0.29) is 10.8 Å². The Balaban J connectivity index is 1.06. The van der Waals surface area contributed by atoms with Gasteiger partial charge in [0.05, 0.1) is 22.4 Å². The van der Waals surface area contributed by atoms with Crippen LogP contribution >= 0.6 is 0 Å². The van der Waals surface area contributed by atoms with E-state index < -0.39 is 0 Å². The van der Waals surface area contributed by atoms with E-state index in [2.05, 4.69) is 256 Å². The van der Waals surface area contributed by atoms with Crippen molar-refractivity contribution in [2.24, 2.45) is 0 Å². The molecule has 0 unspecified atom stereocenters. The quantitative estimate of drug-likeness (QED) is 0.0961. The average Bonchev–Trinajstić information content (AvgIpc) is 3.96. The number of pyridine rings is 1. The predicted octanol–water partition coefficient (Wildman–Crippen LogP) is 14.3. The van der Waals surface area contributed by atoms with E-state index in [4.69, 9.17) is 9.72 Å². The van der Waals surface area contributed by atoms with Crippen molar-refractivity contribution in [3.05, 3.63) is 235 Å². The maximum Gasteiger partial charge on any atom is 0.268 e. The van der Waals surface area contributed by atoms with E-state index in [1.54, 1.807) is 0 Å². The van der Waals surface area contributed by atoms with Gasteiger partial charge in [-0.3, -0.25) is 13.7 Å². The van der Waals surface area contributed by atoms with Gasteiger partial charge < -0.3 is 4.74 Å². The number of hydrogen-bond donors (Lipinski definition) is 0. The van der Waals surface area contributed by atoms with Gasteiger partial charge in [0.25, 0.3) is 6.33 Å². The van der Waals surface area contributed by atoms with Gasteiger partial charge in [0.2, 0.25) is 0 Å². The molecule has 0 aliphatic heterocycles. The fraction of sp³-hybridized carbons (Fsp3) is 0.153. The number of ether oxygens (including phenoxy) is 1. The van der Waals surface area contributed by atoms with Gasteiger partial charge in [0, 0.05) is 46.3 Å². The molecule has 7 aromatic carbocycles. The first-order valence-electron chi connectivity index (χ1n) is 22.2. The first kappa shape index (κ1) is 40.6. The van der Waals surface area contributed by atoms with Crippen molar-refractivity contribution in [1.82, 2.24) is 14.1 Å². The zero-order valence-corrected chi connectivity index (χ0v) is 37.3. The Morgan fingerprint density at radius 2 is 1.22 bits per heavy atom. The summed E-state index contributed by atoms with van der Waals surface area (Å²) in [5.41, 5.74) is 12.2. The molecule has 0 aliphatic rings. The van der Waals surface area contributed by atoms with Crippen LogP contribution in [-0.2, 0) is 10.8 Å². The third kappa shape index (κ3) is 7.47. The number of hydrogen-bond acceptors (Lipinski definition) is 2. The molecule has 0 saturated carbocycles. The zero-order valence-electron chi connectivity index (χ0n) is 37.3. The van der Waals surface area contributed by atoms with Gasteiger partial charge in [-0.15, -0.1) is 0 Å². The van der Waals surface area contributed by atoms with Crippen LogP contribution in [0.25, 0.3) is 50.1 Å². The summed E-state index contributed by atoms with van der Waals surface area (Å²) in [4.78, 5) is 4.98. The lowest BCUT2D eigenvalue weighted by atomic mass is 9.78. The smallest absolute Gasteiger partial charge is 0.268 e. The van der Waals surface area contributed by atoms with Gasteiger partial charge in [0.1, 0.15) is 17.3 Å². The Kier molecular flexibility index (Phi) is 10.3. The molecule has 0 saturated heterocycles. The van der Waals surface area contributed by atoms with E-state index in [1.807, 2.05) is 6.20 Å². The lowest BCUT2D eigenvalue weighted by molar-refractivity contribution is -0.599. The van der Waals surface area contributed by atoms with Crippen LogP contribution in [0.2, 0.25) is 0 Å². The molecule has 0 bridgehead atoms. The normalized spacial score (nSPS) is 12.0. The highest BCUT2D eigenvalue weighted by molar-refractivity contribution is 6.09. The molecule has 3 aromatic heterocycles. The highest BCUT2D eigenvalue weighted by Crippen LogP contribution is 2.39. The van der Waals surface area contributed by atoms with Crippen LogP contribution in [0, 0.1) is 6.33 Å². The van der Waals surface area contributed by atoms with Crippen molar-refractivity contribution in [2.45, 2.75) is 58.3 Å². The topological polar surface area (TPSA) is 35.9 Å². The number of rotatable bonds is 11. The second-order valence-corrected chi connectivity index (χ2v) is 18.2. The molecule has 0 spiro atoms. The molecule has 0 N–H and O–H groups in total. The Morgan fingerprint density at radius 1 is 0.562 bits per heavy atom. The molecule has 0 aliphatic carbocycles. The second-order valence-electron chi connectivity index (χ2n) is 18.2. The number of aromatic nitrogens is 4. The number of fused-ring (bicyclic) bond motifs is 3. The van der Waals surface area contributed by atoms with Gasteiger partial charge in [-0.1, -0.05) is 157 Å². The van der Waals surface area contributed by atoms with Crippen molar-refractivity contribution >= 4 is 21.8 Å². The molecule has 5 heteroatoms. The zero-order chi connectivity index (χ0) is 44.0. The van der Waals surface area contributed by atoms with Crippen molar-refractivity contribution in [3.8, 4) is 39.8 Å². The van der Waals surface area contributed by atoms with Crippen molar-refractivity contribution < 1.29 is 9.30 Å². The summed E-state index contributed by atoms with van der Waals surface area (Å²) in [6, 6.07) is 64.6. The number of benzene rings is 7. The third-order valence-corrected chi connectivity index (χ3v) is 13.1. The molecule has 0 amide bonds. The lowest BCUT2D eigenvalue weighted by Crippen LogP contribution is -2.29. The minimum atomic E-state index is -0.220. The van der Waals surface area contributed by atoms with Crippen molar-refractivity contribution in [1.29, 1.82) is 0 Å². The molecule has 5 nitrogen and oxygen atoms in total. The monoisotopic (exact) mass is 832 g/mol. The Labute approximate surface area is 376 Å². The predicted molar refractivity (Wildman–Crippen MR) is 261 cm³/mol. The number of imidazole rings is 1. The first-order chi connectivity index (χ1) is 31.0. The summed E-state index contributed by atoms with van der Waals surface area (Å²) < 4.78 is 13.3. The highest BCUT2D eigenvalue weighted by Gasteiger charge is 2.25. The van der Waals surface area contributed by atoms with Crippen LogP contribution in [0.1, 0.15) is 75.3 Å². The maximum absolute atomic E-state index is 6.95. The molecule has 3 heterocycles. The fourth-order valence-electron chi connectivity index (χ4n) is 9.22. The molecule has 0 fully saturated rings. The summed E-state index contributed by atoms with van der Waals surface area (Å²) >= 11 is 0. The van der Waals surface area contributed by atoms with E-state index in [0.717, 1.165) is 50.7 Å². The SMILES string of the molecule is CC(C)c1ccccc1-c1cc(Oc2ccc3c4ccccc4n(-c4cc(C(C)(C)c5ccccc5)ccn4)c3c2)cc(-n2[c-][n+](-c3cccc(C(C)(C)c4ccccc4)c3)cc2)c1. The second kappa shape index (κ2) is 16.3. The third-order valence-electron chi connectivity index (χ3n) is 13.1. The largest absolute Gasteiger partial charge is 0.458 e. The van der Waals surface area contributed by atoms with Crippen LogP contribution in [0.5, 0.6) is 11.5 Å². The van der Waals surface area contributed by atoms with Gasteiger partial charge in [-0.2, -0.15) is 0 Å². The Bertz CT molecular complexity index is 3280. The van der Waals surface area contributed by atoms with E-state index in [1.165, 1.54) is 38.8 Å². The molecular weight excluding hydrogens is 781 g/mol. The molecule has 10 rings (SSSR count).